The summed E-state index contributed by atoms with van der Waals surface area (Å²) in [5, 5.41) is 2.88. The van der Waals surface area contributed by atoms with Gasteiger partial charge in [0.15, 0.2) is 5.78 Å². The fraction of sp³-hybridized carbons (Fsp3) is 0.318. The molecule has 1 heterocycles. The summed E-state index contributed by atoms with van der Waals surface area (Å²) in [6.45, 7) is 2.24. The Kier molecular flexibility index (Phi) is 6.93. The average molecular weight is 413 g/mol. The number of hydrogen-bond acceptors (Lipinski definition) is 5. The smallest absolute Gasteiger partial charge is 0.234 e. The topological polar surface area (TPSA) is 75.7 Å². The van der Waals surface area contributed by atoms with E-state index in [9.17, 15) is 14.4 Å². The molecule has 7 heteroatoms. The van der Waals surface area contributed by atoms with Crippen molar-refractivity contribution in [2.45, 2.75) is 25.5 Å². The van der Waals surface area contributed by atoms with Crippen molar-refractivity contribution in [3.63, 3.8) is 0 Å². The fourth-order valence-corrected chi connectivity index (χ4v) is 4.04. The van der Waals surface area contributed by atoms with Crippen molar-refractivity contribution >= 4 is 40.7 Å². The maximum absolute atomic E-state index is 12.3. The van der Waals surface area contributed by atoms with Gasteiger partial charge in [0.05, 0.1) is 12.9 Å². The molecule has 0 atom stereocenters. The van der Waals surface area contributed by atoms with Crippen LogP contribution in [0.1, 0.15) is 35.7 Å². The van der Waals surface area contributed by atoms with Gasteiger partial charge in [-0.1, -0.05) is 6.07 Å². The molecule has 3 rings (SSSR count). The second kappa shape index (κ2) is 9.60. The van der Waals surface area contributed by atoms with Crippen LogP contribution in [0.5, 0.6) is 5.75 Å². The average Bonchev–Trinajstić information content (AvgIpc) is 3.14. The molecule has 0 unspecified atom stereocenters. The Morgan fingerprint density at radius 1 is 1.21 bits per heavy atom. The summed E-state index contributed by atoms with van der Waals surface area (Å²) >= 11 is 1.45. The summed E-state index contributed by atoms with van der Waals surface area (Å²) in [7, 11) is 1.59. The van der Waals surface area contributed by atoms with Gasteiger partial charge in [-0.25, -0.2) is 0 Å². The molecule has 0 saturated carbocycles. The number of carbonyl (C=O) groups is 3. The zero-order valence-corrected chi connectivity index (χ0v) is 17.4. The molecule has 2 aromatic rings. The molecular weight excluding hydrogens is 388 g/mol. The van der Waals surface area contributed by atoms with Crippen LogP contribution >= 0.6 is 11.8 Å². The van der Waals surface area contributed by atoms with Gasteiger partial charge in [0.1, 0.15) is 5.75 Å². The molecule has 0 radical (unpaired) electrons. The molecule has 0 aromatic heterocycles. The summed E-state index contributed by atoms with van der Waals surface area (Å²) < 4.78 is 5.35. The Labute approximate surface area is 174 Å². The van der Waals surface area contributed by atoms with Crippen molar-refractivity contribution < 1.29 is 19.1 Å². The van der Waals surface area contributed by atoms with Gasteiger partial charge < -0.3 is 15.0 Å². The number of methoxy groups -OCH3 is 1. The largest absolute Gasteiger partial charge is 0.496 e. The monoisotopic (exact) mass is 412 g/mol. The first-order valence-corrected chi connectivity index (χ1v) is 10.6. The lowest BCUT2D eigenvalue weighted by Gasteiger charge is -2.16. The molecule has 1 N–H and O–H groups in total. The first-order valence-electron chi connectivity index (χ1n) is 9.44. The lowest BCUT2D eigenvalue weighted by atomic mass is 10.1. The van der Waals surface area contributed by atoms with Gasteiger partial charge in [-0.3, -0.25) is 14.4 Å². The predicted molar refractivity (Wildman–Crippen MR) is 116 cm³/mol. The molecule has 1 saturated heterocycles. The third-order valence-electron chi connectivity index (χ3n) is 4.69. The highest BCUT2D eigenvalue weighted by atomic mass is 32.2. The van der Waals surface area contributed by atoms with Crippen LogP contribution in [-0.4, -0.2) is 37.0 Å². The van der Waals surface area contributed by atoms with E-state index in [1.807, 2.05) is 30.3 Å². The lowest BCUT2D eigenvalue weighted by Crippen LogP contribution is -2.23. The van der Waals surface area contributed by atoms with E-state index < -0.39 is 0 Å². The molecule has 1 fully saturated rings. The first-order chi connectivity index (χ1) is 14.0. The van der Waals surface area contributed by atoms with Gasteiger partial charge in [-0.15, -0.1) is 11.8 Å². The number of thioether (sulfide) groups is 1. The van der Waals surface area contributed by atoms with Crippen LogP contribution < -0.4 is 15.0 Å². The maximum Gasteiger partial charge on any atom is 0.234 e. The Morgan fingerprint density at radius 2 is 2.03 bits per heavy atom. The van der Waals surface area contributed by atoms with Gasteiger partial charge in [0.2, 0.25) is 11.8 Å². The molecule has 2 amide bonds. The molecule has 1 aliphatic rings. The lowest BCUT2D eigenvalue weighted by molar-refractivity contribution is -0.117. The number of Topliss-reactive ketones (excluding diaryl/α,β-unsaturated/α-hetero) is 1. The van der Waals surface area contributed by atoms with Crippen molar-refractivity contribution in [3.05, 3.63) is 53.6 Å². The van der Waals surface area contributed by atoms with E-state index in [4.69, 9.17) is 4.74 Å². The highest BCUT2D eigenvalue weighted by Crippen LogP contribution is 2.26. The maximum atomic E-state index is 12.3. The van der Waals surface area contributed by atoms with Crippen LogP contribution in [0.2, 0.25) is 0 Å². The van der Waals surface area contributed by atoms with E-state index in [2.05, 4.69) is 5.32 Å². The van der Waals surface area contributed by atoms with Crippen molar-refractivity contribution in [2.75, 3.05) is 29.6 Å². The number of benzene rings is 2. The summed E-state index contributed by atoms with van der Waals surface area (Å²) in [5.74, 6) is 1.51. The summed E-state index contributed by atoms with van der Waals surface area (Å²) in [4.78, 5) is 37.6. The minimum atomic E-state index is -0.124. The number of hydrogen-bond donors (Lipinski definition) is 1. The number of nitrogens with zero attached hydrogens (tertiary/aromatic N) is 1. The number of amides is 2. The number of ketones is 1. The Hall–Kier alpha value is -2.80. The van der Waals surface area contributed by atoms with Crippen LogP contribution in [0, 0.1) is 0 Å². The fourth-order valence-electron chi connectivity index (χ4n) is 3.23. The Morgan fingerprint density at radius 3 is 2.72 bits per heavy atom. The zero-order valence-electron chi connectivity index (χ0n) is 16.6. The number of nitrogens with one attached hydrogen (secondary N) is 1. The van der Waals surface area contributed by atoms with E-state index in [-0.39, 0.29) is 23.4 Å². The molecule has 6 nitrogen and oxygen atoms in total. The first kappa shape index (κ1) is 20.9. The van der Waals surface area contributed by atoms with E-state index >= 15 is 0 Å². The molecular formula is C22H24N2O4S. The van der Waals surface area contributed by atoms with E-state index in [0.29, 0.717) is 35.7 Å². The zero-order chi connectivity index (χ0) is 20.8. The Bertz CT molecular complexity index is 929. The van der Waals surface area contributed by atoms with Gasteiger partial charge >= 0.3 is 0 Å². The number of rotatable bonds is 8. The molecule has 0 spiro atoms. The number of ether oxygens (including phenoxy) is 1. The highest BCUT2D eigenvalue weighted by Gasteiger charge is 2.21. The van der Waals surface area contributed by atoms with E-state index in [1.165, 1.54) is 18.7 Å². The van der Waals surface area contributed by atoms with Crippen molar-refractivity contribution in [2.24, 2.45) is 0 Å². The molecule has 2 aromatic carbocycles. The normalized spacial score (nSPS) is 13.4. The number of anilines is 2. The van der Waals surface area contributed by atoms with Gasteiger partial charge in [0, 0.05) is 41.2 Å². The second-order valence-electron chi connectivity index (χ2n) is 6.82. The van der Waals surface area contributed by atoms with Crippen LogP contribution in [0.4, 0.5) is 11.4 Å². The van der Waals surface area contributed by atoms with Crippen LogP contribution in [-0.2, 0) is 15.3 Å². The van der Waals surface area contributed by atoms with E-state index in [0.717, 1.165) is 17.7 Å². The summed E-state index contributed by atoms with van der Waals surface area (Å²) in [6.07, 6.45) is 1.43. The molecule has 0 aliphatic carbocycles. The van der Waals surface area contributed by atoms with Crippen LogP contribution in [0.25, 0.3) is 0 Å². The highest BCUT2D eigenvalue weighted by molar-refractivity contribution is 7.99. The minimum absolute atomic E-state index is 0.00647. The molecule has 152 valence electrons. The summed E-state index contributed by atoms with van der Waals surface area (Å²) in [5.41, 5.74) is 2.99. The summed E-state index contributed by atoms with van der Waals surface area (Å²) in [6, 6.07) is 12.7. The molecule has 0 bridgehead atoms. The third-order valence-corrected chi connectivity index (χ3v) is 5.67. The van der Waals surface area contributed by atoms with Crippen molar-refractivity contribution in [3.8, 4) is 5.75 Å². The minimum Gasteiger partial charge on any atom is -0.496 e. The standard InChI is InChI=1S/C22H24N2O4S/c1-15(25)16-8-9-20(28-2)17(11-16)13-29-14-21(26)23-18-5-3-6-19(12-18)24-10-4-7-22(24)27/h3,5-6,8-9,11-12H,4,7,10,13-14H2,1-2H3,(H,23,26). The Balaban J connectivity index is 1.56. The van der Waals surface area contributed by atoms with Gasteiger partial charge in [0.25, 0.3) is 0 Å². The van der Waals surface area contributed by atoms with Crippen LogP contribution in [0.3, 0.4) is 0 Å². The van der Waals surface area contributed by atoms with E-state index in [1.54, 1.807) is 24.1 Å². The second-order valence-corrected chi connectivity index (χ2v) is 7.81. The molecule has 29 heavy (non-hydrogen) atoms. The predicted octanol–water partition coefficient (Wildman–Crippen LogP) is 3.90. The molecule has 1 aliphatic heterocycles. The van der Waals surface area contributed by atoms with Crippen molar-refractivity contribution in [1.82, 2.24) is 0 Å². The van der Waals surface area contributed by atoms with Gasteiger partial charge in [-0.05, 0) is 49.7 Å². The third kappa shape index (κ3) is 5.38. The van der Waals surface area contributed by atoms with Gasteiger partial charge in [-0.2, -0.15) is 0 Å². The number of carbonyl (C=O) groups excluding carboxylic acids is 3. The van der Waals surface area contributed by atoms with Crippen molar-refractivity contribution in [1.29, 1.82) is 0 Å². The SMILES string of the molecule is COc1ccc(C(C)=O)cc1CSCC(=O)Nc1cccc(N2CCCC2=O)c1. The quantitative estimate of drug-likeness (QED) is 0.666. The van der Waals surface area contributed by atoms with Crippen LogP contribution in [0.15, 0.2) is 42.5 Å².